The maximum atomic E-state index is 11.2. The van der Waals surface area contributed by atoms with E-state index in [0.29, 0.717) is 13.1 Å². The van der Waals surface area contributed by atoms with Crippen molar-refractivity contribution < 1.29 is 14.4 Å². The molecule has 1 rings (SSSR count). The van der Waals surface area contributed by atoms with Gasteiger partial charge in [-0.2, -0.15) is 0 Å². The first-order valence-electron chi connectivity index (χ1n) is 4.48. The zero-order chi connectivity index (χ0) is 11.6. The maximum Gasteiger partial charge on any atom is 0.296 e. The van der Waals surface area contributed by atoms with Crippen molar-refractivity contribution in [3.63, 3.8) is 0 Å². The van der Waals surface area contributed by atoms with E-state index in [-0.39, 0.29) is 0 Å². The van der Waals surface area contributed by atoms with Gasteiger partial charge in [0, 0.05) is 13.1 Å². The van der Waals surface area contributed by atoms with Crippen molar-refractivity contribution in [3.05, 3.63) is 0 Å². The second kappa shape index (κ2) is 4.47. The van der Waals surface area contributed by atoms with E-state index in [0.717, 1.165) is 5.01 Å². The quantitative estimate of drug-likeness (QED) is 0.174. The Morgan fingerprint density at radius 2 is 1.87 bits per heavy atom. The zero-order valence-electron chi connectivity index (χ0n) is 8.69. The van der Waals surface area contributed by atoms with E-state index in [2.05, 4.69) is 0 Å². The lowest BCUT2D eigenvalue weighted by atomic mass is 10.2. The van der Waals surface area contributed by atoms with Crippen molar-refractivity contribution in [2.45, 2.75) is 6.04 Å². The third kappa shape index (κ3) is 2.58. The third-order valence-electron chi connectivity index (χ3n) is 2.09. The van der Waals surface area contributed by atoms with Gasteiger partial charge in [0.05, 0.1) is 0 Å². The molecule has 1 atom stereocenters. The fourth-order valence-electron chi connectivity index (χ4n) is 1.23. The van der Waals surface area contributed by atoms with Crippen LogP contribution >= 0.6 is 0 Å². The van der Waals surface area contributed by atoms with Crippen LogP contribution in [0.5, 0.6) is 0 Å². The number of imide groups is 1. The minimum atomic E-state index is -1.17. The summed E-state index contributed by atoms with van der Waals surface area (Å²) in [6, 6.07) is -1.17. The molecule has 0 bridgehead atoms. The van der Waals surface area contributed by atoms with Crippen LogP contribution in [0.25, 0.3) is 0 Å². The van der Waals surface area contributed by atoms with Gasteiger partial charge in [-0.1, -0.05) is 0 Å². The lowest BCUT2D eigenvalue weighted by Crippen LogP contribution is -2.50. The van der Waals surface area contributed by atoms with E-state index in [1.807, 2.05) is 24.3 Å². The van der Waals surface area contributed by atoms with Crippen LogP contribution in [0, 0.1) is 0 Å². The molecular weight excluding hydrogens is 200 g/mol. The number of ketones is 1. The molecule has 1 saturated heterocycles. The molecule has 0 aromatic heterocycles. The van der Waals surface area contributed by atoms with Crippen molar-refractivity contribution in [1.82, 2.24) is 15.2 Å². The van der Waals surface area contributed by atoms with Crippen LogP contribution in [0.4, 0.5) is 0 Å². The summed E-state index contributed by atoms with van der Waals surface area (Å²) >= 11 is 0. The minimum Gasteiger partial charge on any atom is -0.308 e. The number of hydrogen-bond acceptors (Lipinski definition) is 6. The molecule has 0 aromatic rings. The smallest absolute Gasteiger partial charge is 0.296 e. The molecule has 1 heterocycles. The molecule has 0 aliphatic carbocycles. The number of hydrogen-bond donors (Lipinski definition) is 2. The van der Waals surface area contributed by atoms with Crippen LogP contribution < -0.4 is 11.2 Å². The summed E-state index contributed by atoms with van der Waals surface area (Å²) in [5, 5.41) is 3.01. The van der Waals surface area contributed by atoms with E-state index >= 15 is 0 Å². The average Bonchev–Trinajstić information content (AvgIpc) is 2.37. The van der Waals surface area contributed by atoms with Gasteiger partial charge in [-0.15, -0.1) is 0 Å². The van der Waals surface area contributed by atoms with E-state index < -0.39 is 23.6 Å². The van der Waals surface area contributed by atoms with E-state index in [4.69, 9.17) is 5.84 Å². The molecule has 1 fully saturated rings. The summed E-state index contributed by atoms with van der Waals surface area (Å²) in [6.07, 6.45) is 0. The summed E-state index contributed by atoms with van der Waals surface area (Å²) in [6.45, 7) is 0.936. The van der Waals surface area contributed by atoms with Gasteiger partial charge in [0.15, 0.2) is 6.04 Å². The lowest BCUT2D eigenvalue weighted by molar-refractivity contribution is -0.137. The third-order valence-corrected chi connectivity index (χ3v) is 2.09. The summed E-state index contributed by atoms with van der Waals surface area (Å²) in [5.74, 6) is 3.22. The zero-order valence-corrected chi connectivity index (χ0v) is 8.69. The van der Waals surface area contributed by atoms with Gasteiger partial charge in [-0.25, -0.2) is 5.01 Å². The SMILES string of the molecule is CN(C)CCN(N)C1C(=O)NC(=O)C1=O. The fraction of sp³-hybridized carbons (Fsp3) is 0.625. The molecule has 15 heavy (non-hydrogen) atoms. The Balaban J connectivity index is 2.59. The van der Waals surface area contributed by atoms with Crippen LogP contribution in [-0.4, -0.2) is 60.7 Å². The molecule has 0 spiro atoms. The molecule has 0 aromatic carbocycles. The summed E-state index contributed by atoms with van der Waals surface area (Å²) in [7, 11) is 3.69. The van der Waals surface area contributed by atoms with E-state index in [1.54, 1.807) is 0 Å². The molecule has 1 aliphatic heterocycles. The predicted octanol–water partition coefficient (Wildman–Crippen LogP) is -2.68. The normalized spacial score (nSPS) is 21.7. The molecule has 2 amide bonds. The molecule has 1 aliphatic rings. The number of likely N-dealkylation sites (N-methyl/N-ethyl adjacent to an activating group) is 1. The Labute approximate surface area is 87.2 Å². The topological polar surface area (TPSA) is 95.7 Å². The monoisotopic (exact) mass is 214 g/mol. The number of rotatable bonds is 4. The van der Waals surface area contributed by atoms with Gasteiger partial charge in [0.1, 0.15) is 0 Å². The Morgan fingerprint density at radius 3 is 2.27 bits per heavy atom. The van der Waals surface area contributed by atoms with Gasteiger partial charge in [-0.05, 0) is 14.1 Å². The van der Waals surface area contributed by atoms with Crippen LogP contribution in [0.15, 0.2) is 0 Å². The first-order valence-corrected chi connectivity index (χ1v) is 4.48. The van der Waals surface area contributed by atoms with Crippen LogP contribution in [0.2, 0.25) is 0 Å². The standard InChI is InChI=1S/C8H14N4O3/c1-11(2)3-4-12(9)5-6(13)8(15)10-7(5)14/h5H,3-4,9H2,1-2H3,(H,10,14,15). The van der Waals surface area contributed by atoms with Crippen molar-refractivity contribution in [3.8, 4) is 0 Å². The number of carbonyl (C=O) groups is 3. The average molecular weight is 214 g/mol. The number of Topliss-reactive ketones (excluding diaryl/α,β-unsaturated/α-hetero) is 1. The summed E-state index contributed by atoms with van der Waals surface area (Å²) < 4.78 is 0. The van der Waals surface area contributed by atoms with Crippen LogP contribution in [0.1, 0.15) is 0 Å². The number of nitrogens with zero attached hydrogens (tertiary/aromatic N) is 2. The second-order valence-corrected chi connectivity index (χ2v) is 3.63. The van der Waals surface area contributed by atoms with Crippen LogP contribution in [0.3, 0.4) is 0 Å². The highest BCUT2D eigenvalue weighted by Gasteiger charge is 2.43. The molecule has 3 N–H and O–H groups in total. The molecule has 1 unspecified atom stereocenters. The Morgan fingerprint density at radius 1 is 1.27 bits per heavy atom. The van der Waals surface area contributed by atoms with Gasteiger partial charge in [-0.3, -0.25) is 25.5 Å². The minimum absolute atomic E-state index is 0.337. The highest BCUT2D eigenvalue weighted by molar-refractivity contribution is 6.49. The van der Waals surface area contributed by atoms with E-state index in [9.17, 15) is 14.4 Å². The Hall–Kier alpha value is -1.31. The molecule has 7 nitrogen and oxygen atoms in total. The predicted molar refractivity (Wildman–Crippen MR) is 51.4 cm³/mol. The van der Waals surface area contributed by atoms with Crippen molar-refractivity contribution in [2.24, 2.45) is 5.84 Å². The van der Waals surface area contributed by atoms with Crippen molar-refractivity contribution in [2.75, 3.05) is 27.2 Å². The van der Waals surface area contributed by atoms with Crippen molar-refractivity contribution >= 4 is 17.6 Å². The lowest BCUT2D eigenvalue weighted by Gasteiger charge is -2.21. The van der Waals surface area contributed by atoms with Gasteiger partial charge >= 0.3 is 0 Å². The highest BCUT2D eigenvalue weighted by atomic mass is 16.2. The number of nitrogens with two attached hydrogens (primary N) is 1. The molecule has 84 valence electrons. The maximum absolute atomic E-state index is 11.2. The number of hydrazine groups is 1. The first kappa shape index (κ1) is 11.8. The number of carbonyl (C=O) groups excluding carboxylic acids is 3. The fourth-order valence-corrected chi connectivity index (χ4v) is 1.23. The molecular formula is C8H14N4O3. The van der Waals surface area contributed by atoms with Crippen LogP contribution in [-0.2, 0) is 14.4 Å². The molecule has 7 heteroatoms. The number of nitrogens with one attached hydrogen (secondary N) is 1. The van der Waals surface area contributed by atoms with Gasteiger partial charge in [0.2, 0.25) is 5.78 Å². The highest BCUT2D eigenvalue weighted by Crippen LogP contribution is 2.03. The van der Waals surface area contributed by atoms with Gasteiger partial charge in [0.25, 0.3) is 11.8 Å². The van der Waals surface area contributed by atoms with Gasteiger partial charge < -0.3 is 4.90 Å². The summed E-state index contributed by atoms with van der Waals surface area (Å²) in [4.78, 5) is 35.2. The molecule has 0 radical (unpaired) electrons. The summed E-state index contributed by atoms with van der Waals surface area (Å²) in [5.41, 5.74) is 0. The van der Waals surface area contributed by atoms with Crippen molar-refractivity contribution in [1.29, 1.82) is 0 Å². The van der Waals surface area contributed by atoms with E-state index in [1.165, 1.54) is 0 Å². The second-order valence-electron chi connectivity index (χ2n) is 3.63. The molecule has 0 saturated carbocycles. The largest absolute Gasteiger partial charge is 0.308 e. The first-order chi connectivity index (χ1) is 6.93. The Kier molecular flexibility index (Phi) is 3.51. The Bertz CT molecular complexity index is 302. The number of amides is 2.